The van der Waals surface area contributed by atoms with Crippen LogP contribution in [-0.2, 0) is 11.3 Å². The molecule has 1 heterocycles. The molecule has 0 saturated carbocycles. The fraction of sp³-hybridized carbons (Fsp3) is 0.158. The monoisotopic (exact) mass is 321 g/mol. The van der Waals surface area contributed by atoms with Crippen molar-refractivity contribution in [2.75, 3.05) is 5.32 Å². The van der Waals surface area contributed by atoms with Crippen molar-refractivity contribution in [2.45, 2.75) is 19.6 Å². The maximum Gasteiger partial charge on any atom is 0.265 e. The molecule has 1 N–H and O–H groups in total. The normalized spacial score (nSPS) is 11.7. The van der Waals surface area contributed by atoms with E-state index in [9.17, 15) is 4.79 Å². The van der Waals surface area contributed by atoms with Crippen molar-refractivity contribution >= 4 is 11.6 Å². The van der Waals surface area contributed by atoms with Crippen LogP contribution in [0.3, 0.4) is 0 Å². The summed E-state index contributed by atoms with van der Waals surface area (Å²) in [6.45, 7) is 2.44. The SMILES string of the molecule is CC(Oc1ccccc1)C(=O)Nc1cccc(Cn2ccnc2)c1. The Kier molecular flexibility index (Phi) is 4.91. The number of carbonyl (C=O) groups is 1. The van der Waals surface area contributed by atoms with Gasteiger partial charge >= 0.3 is 0 Å². The Bertz CT molecular complexity index is 785. The Labute approximate surface area is 140 Å². The van der Waals surface area contributed by atoms with Gasteiger partial charge in [0.25, 0.3) is 5.91 Å². The second kappa shape index (κ2) is 7.46. The number of rotatable bonds is 6. The molecule has 0 spiro atoms. The highest BCUT2D eigenvalue weighted by atomic mass is 16.5. The lowest BCUT2D eigenvalue weighted by Gasteiger charge is -2.15. The highest BCUT2D eigenvalue weighted by molar-refractivity contribution is 5.94. The third-order valence-corrected chi connectivity index (χ3v) is 3.54. The number of para-hydroxylation sites is 1. The molecule has 0 fully saturated rings. The third-order valence-electron chi connectivity index (χ3n) is 3.54. The summed E-state index contributed by atoms with van der Waals surface area (Å²) in [5.74, 6) is 0.493. The number of ether oxygens (including phenoxy) is 1. The van der Waals surface area contributed by atoms with Crippen molar-refractivity contribution < 1.29 is 9.53 Å². The van der Waals surface area contributed by atoms with Gasteiger partial charge in [-0.25, -0.2) is 4.98 Å². The first kappa shape index (κ1) is 15.8. The van der Waals surface area contributed by atoms with Crippen molar-refractivity contribution in [1.29, 1.82) is 0 Å². The molecule has 0 bridgehead atoms. The van der Waals surface area contributed by atoms with Gasteiger partial charge in [0.1, 0.15) is 5.75 Å². The molecule has 24 heavy (non-hydrogen) atoms. The predicted molar refractivity (Wildman–Crippen MR) is 92.9 cm³/mol. The summed E-state index contributed by atoms with van der Waals surface area (Å²) in [4.78, 5) is 16.3. The van der Waals surface area contributed by atoms with E-state index in [0.717, 1.165) is 11.3 Å². The van der Waals surface area contributed by atoms with Crippen LogP contribution in [-0.4, -0.2) is 21.6 Å². The lowest BCUT2D eigenvalue weighted by atomic mass is 10.2. The van der Waals surface area contributed by atoms with Gasteiger partial charge in [-0.2, -0.15) is 0 Å². The number of amides is 1. The van der Waals surface area contributed by atoms with E-state index >= 15 is 0 Å². The molecule has 1 aromatic heterocycles. The van der Waals surface area contributed by atoms with E-state index in [0.29, 0.717) is 12.3 Å². The molecular formula is C19H19N3O2. The van der Waals surface area contributed by atoms with Gasteiger partial charge in [0.05, 0.1) is 6.33 Å². The van der Waals surface area contributed by atoms with Gasteiger partial charge in [-0.05, 0) is 36.8 Å². The highest BCUT2D eigenvalue weighted by Gasteiger charge is 2.14. The Hall–Kier alpha value is -3.08. The van der Waals surface area contributed by atoms with E-state index in [1.54, 1.807) is 19.4 Å². The summed E-state index contributed by atoms with van der Waals surface area (Å²) in [7, 11) is 0. The maximum atomic E-state index is 12.3. The molecule has 3 aromatic rings. The predicted octanol–water partition coefficient (Wildman–Crippen LogP) is 3.34. The zero-order valence-corrected chi connectivity index (χ0v) is 13.4. The largest absolute Gasteiger partial charge is 0.481 e. The van der Waals surface area contributed by atoms with Crippen LogP contribution in [0.15, 0.2) is 73.3 Å². The minimum atomic E-state index is -0.579. The zero-order valence-electron chi connectivity index (χ0n) is 13.4. The minimum Gasteiger partial charge on any atom is -0.481 e. The molecule has 3 rings (SSSR count). The van der Waals surface area contributed by atoms with Crippen molar-refractivity contribution in [3.05, 3.63) is 78.9 Å². The van der Waals surface area contributed by atoms with Crippen LogP contribution in [0.4, 0.5) is 5.69 Å². The molecule has 1 unspecified atom stereocenters. The van der Waals surface area contributed by atoms with Crippen LogP contribution in [0, 0.1) is 0 Å². The summed E-state index contributed by atoms with van der Waals surface area (Å²) in [6, 6.07) is 17.1. The van der Waals surface area contributed by atoms with E-state index in [1.807, 2.05) is 65.4 Å². The first-order chi connectivity index (χ1) is 11.7. The van der Waals surface area contributed by atoms with E-state index in [2.05, 4.69) is 10.3 Å². The topological polar surface area (TPSA) is 56.1 Å². The van der Waals surface area contributed by atoms with Crippen molar-refractivity contribution in [3.8, 4) is 5.75 Å². The van der Waals surface area contributed by atoms with Gasteiger partial charge < -0.3 is 14.6 Å². The molecule has 5 heteroatoms. The van der Waals surface area contributed by atoms with Gasteiger partial charge in [0.15, 0.2) is 6.10 Å². The van der Waals surface area contributed by atoms with E-state index in [1.165, 1.54) is 0 Å². The number of hydrogen-bond donors (Lipinski definition) is 1. The number of benzene rings is 2. The molecule has 0 aliphatic rings. The molecule has 0 radical (unpaired) electrons. The standard InChI is InChI=1S/C19H19N3O2/c1-15(24-18-8-3-2-4-9-18)19(23)21-17-7-5-6-16(12-17)13-22-11-10-20-14-22/h2-12,14-15H,13H2,1H3,(H,21,23). The second-order valence-electron chi connectivity index (χ2n) is 5.50. The molecule has 0 aliphatic carbocycles. The van der Waals surface area contributed by atoms with Gasteiger partial charge in [-0.15, -0.1) is 0 Å². The minimum absolute atomic E-state index is 0.182. The number of carbonyl (C=O) groups excluding carboxylic acids is 1. The third kappa shape index (κ3) is 4.23. The van der Waals surface area contributed by atoms with Crippen LogP contribution < -0.4 is 10.1 Å². The summed E-state index contributed by atoms with van der Waals surface area (Å²) in [6.07, 6.45) is 4.83. The zero-order chi connectivity index (χ0) is 16.8. The fourth-order valence-corrected chi connectivity index (χ4v) is 2.34. The number of imidazole rings is 1. The van der Waals surface area contributed by atoms with Gasteiger partial charge in [0.2, 0.25) is 0 Å². The molecule has 1 atom stereocenters. The highest BCUT2D eigenvalue weighted by Crippen LogP contribution is 2.14. The van der Waals surface area contributed by atoms with Gasteiger partial charge in [0, 0.05) is 24.6 Å². The second-order valence-corrected chi connectivity index (χ2v) is 5.50. The fourth-order valence-electron chi connectivity index (χ4n) is 2.34. The number of nitrogens with zero attached hydrogens (tertiary/aromatic N) is 2. The van der Waals surface area contributed by atoms with Crippen molar-refractivity contribution in [1.82, 2.24) is 9.55 Å². The molecule has 122 valence electrons. The molecule has 1 amide bonds. The Balaban J connectivity index is 1.61. The smallest absolute Gasteiger partial charge is 0.265 e. The number of anilines is 1. The first-order valence-electron chi connectivity index (χ1n) is 7.78. The van der Waals surface area contributed by atoms with Gasteiger partial charge in [-0.1, -0.05) is 30.3 Å². The lowest BCUT2D eigenvalue weighted by molar-refractivity contribution is -0.122. The van der Waals surface area contributed by atoms with Crippen molar-refractivity contribution in [3.63, 3.8) is 0 Å². The van der Waals surface area contributed by atoms with Crippen LogP contribution in [0.25, 0.3) is 0 Å². The molecule has 5 nitrogen and oxygen atoms in total. The quantitative estimate of drug-likeness (QED) is 0.757. The van der Waals surface area contributed by atoms with Crippen LogP contribution >= 0.6 is 0 Å². The summed E-state index contributed by atoms with van der Waals surface area (Å²) in [5.41, 5.74) is 1.84. The Morgan fingerprint density at radius 2 is 2.04 bits per heavy atom. The molecular weight excluding hydrogens is 302 g/mol. The average molecular weight is 321 g/mol. The summed E-state index contributed by atoms with van der Waals surface area (Å²) in [5, 5.41) is 2.89. The van der Waals surface area contributed by atoms with E-state index in [-0.39, 0.29) is 5.91 Å². The number of nitrogens with one attached hydrogen (secondary N) is 1. The van der Waals surface area contributed by atoms with Crippen molar-refractivity contribution in [2.24, 2.45) is 0 Å². The first-order valence-corrected chi connectivity index (χ1v) is 7.78. The van der Waals surface area contributed by atoms with Crippen LogP contribution in [0.1, 0.15) is 12.5 Å². The van der Waals surface area contributed by atoms with E-state index < -0.39 is 6.10 Å². The Morgan fingerprint density at radius 1 is 1.21 bits per heavy atom. The lowest BCUT2D eigenvalue weighted by Crippen LogP contribution is -2.30. The molecule has 2 aromatic carbocycles. The number of hydrogen-bond acceptors (Lipinski definition) is 3. The number of aromatic nitrogens is 2. The molecule has 0 aliphatic heterocycles. The Morgan fingerprint density at radius 3 is 2.79 bits per heavy atom. The van der Waals surface area contributed by atoms with Gasteiger partial charge in [-0.3, -0.25) is 4.79 Å². The van der Waals surface area contributed by atoms with Crippen LogP contribution in [0.2, 0.25) is 0 Å². The molecule has 0 saturated heterocycles. The summed E-state index contributed by atoms with van der Waals surface area (Å²) < 4.78 is 7.61. The maximum absolute atomic E-state index is 12.3. The summed E-state index contributed by atoms with van der Waals surface area (Å²) >= 11 is 0. The van der Waals surface area contributed by atoms with Crippen LogP contribution in [0.5, 0.6) is 5.75 Å². The van der Waals surface area contributed by atoms with E-state index in [4.69, 9.17) is 4.74 Å². The average Bonchev–Trinajstić information content (AvgIpc) is 3.09.